The van der Waals surface area contributed by atoms with Crippen LogP contribution in [0, 0.1) is 0 Å². The molecule has 18 heteroatoms. The Bertz CT molecular complexity index is 1730. The van der Waals surface area contributed by atoms with E-state index in [9.17, 15) is 29.1 Å². The van der Waals surface area contributed by atoms with Crippen molar-refractivity contribution < 1.29 is 65.2 Å². The minimum absolute atomic E-state index is 0.314. The number of hydrogen-bond donors (Lipinski definition) is 4. The molecule has 1 saturated carbocycles. The summed E-state index contributed by atoms with van der Waals surface area (Å²) >= 11 is 4.62. The van der Waals surface area contributed by atoms with Crippen molar-refractivity contribution >= 4 is 34.2 Å². The molecule has 4 N–H and O–H groups in total. The molecule has 4 aromatic carbocycles. The molecule has 4 aromatic rings. The molecule has 13 nitrogen and oxygen atoms in total. The van der Waals surface area contributed by atoms with E-state index >= 15 is 4.39 Å². The van der Waals surface area contributed by atoms with Gasteiger partial charge in [0.2, 0.25) is 0 Å². The van der Waals surface area contributed by atoms with E-state index in [1.165, 1.54) is 0 Å². The number of benzene rings is 4. The third-order valence-electron chi connectivity index (χ3n) is 7.66. The molecule has 280 valence electrons. The van der Waals surface area contributed by atoms with Gasteiger partial charge < -0.3 is 20.0 Å². The van der Waals surface area contributed by atoms with Crippen LogP contribution in [0.3, 0.4) is 0 Å². The van der Waals surface area contributed by atoms with E-state index in [-0.39, 0.29) is 26.4 Å². The number of phosphoric ester groups is 2. The molecule has 1 aliphatic rings. The maximum Gasteiger partial charge on any atom is 0.475 e. The predicted molar refractivity (Wildman–Crippen MR) is 190 cm³/mol. The maximum absolute atomic E-state index is 16.4. The molecule has 0 heterocycles. The zero-order valence-corrected chi connectivity index (χ0v) is 30.9. The van der Waals surface area contributed by atoms with Gasteiger partial charge >= 0.3 is 22.4 Å². The van der Waals surface area contributed by atoms with Crippen LogP contribution in [0.2, 0.25) is 0 Å². The summed E-state index contributed by atoms with van der Waals surface area (Å²) in [4.78, 5) is 20.3. The van der Waals surface area contributed by atoms with Gasteiger partial charge in [0.1, 0.15) is 30.5 Å². The standard InChI is InChI=1S/C34H38FO13P3S/c35-29-30(36)33(48-51(41,44-23-27-17-9-3-10-18-27)45-24-28-19-11-4-12-20-28)31(37)34(46-49(38,39)52)32(29)47-50(40,42-21-25-13-5-1-6-14-25)43-22-26-15-7-2-8-16-26/h1-20,29-34,36-37H,21-24H2,(H2,38,39,52)/t29-,30+,31-,32+,33+,34+/m0/s1. The molecule has 0 amide bonds. The molecule has 0 spiro atoms. The molecular weight excluding hydrogens is 760 g/mol. The Morgan fingerprint density at radius 3 is 1.12 bits per heavy atom. The van der Waals surface area contributed by atoms with E-state index in [1.807, 2.05) is 0 Å². The lowest BCUT2D eigenvalue weighted by Gasteiger charge is -2.44. The summed E-state index contributed by atoms with van der Waals surface area (Å²) in [6.07, 6.45) is -13.9. The lowest BCUT2D eigenvalue weighted by molar-refractivity contribution is -0.197. The summed E-state index contributed by atoms with van der Waals surface area (Å²) in [7, 11) is -9.61. The lowest BCUT2D eigenvalue weighted by atomic mass is 9.86. The van der Waals surface area contributed by atoms with Crippen molar-refractivity contribution in [2.75, 3.05) is 0 Å². The van der Waals surface area contributed by atoms with Crippen molar-refractivity contribution in [3.8, 4) is 0 Å². The Balaban J connectivity index is 1.41. The van der Waals surface area contributed by atoms with E-state index in [4.69, 9.17) is 31.7 Å². The number of aliphatic hydroxyl groups is 2. The van der Waals surface area contributed by atoms with Gasteiger partial charge in [-0.25, -0.2) is 13.5 Å². The quantitative estimate of drug-likeness (QED) is 0.0801. The van der Waals surface area contributed by atoms with Crippen LogP contribution in [-0.2, 0) is 79.0 Å². The van der Waals surface area contributed by atoms with Crippen molar-refractivity contribution in [3.05, 3.63) is 144 Å². The van der Waals surface area contributed by atoms with Crippen LogP contribution in [0.4, 0.5) is 4.39 Å². The molecule has 0 radical (unpaired) electrons. The van der Waals surface area contributed by atoms with Crippen molar-refractivity contribution in [1.29, 1.82) is 0 Å². The first-order chi connectivity index (χ1) is 24.8. The number of alkyl halides is 1. The van der Waals surface area contributed by atoms with Crippen LogP contribution >= 0.6 is 22.4 Å². The molecule has 0 unspecified atom stereocenters. The fourth-order valence-electron chi connectivity index (χ4n) is 5.07. The average molecular weight is 799 g/mol. The smallest absolute Gasteiger partial charge is 0.387 e. The van der Waals surface area contributed by atoms with Crippen LogP contribution in [0.1, 0.15) is 22.3 Å². The number of phosphoric acid groups is 2. The summed E-state index contributed by atoms with van der Waals surface area (Å²) in [6, 6.07) is 33.9. The summed E-state index contributed by atoms with van der Waals surface area (Å²) in [6.45, 7) is -6.04. The SMILES string of the molecule is O=P(OCc1ccccc1)(OCc1ccccc1)O[C@@H]1[C@H](O)[C@H](F)[C@@H](OP(=O)(OCc2ccccc2)OCc2ccccc2)[C@H](OP(O)(O)=S)[C@H]1O. The molecule has 0 aliphatic heterocycles. The highest BCUT2D eigenvalue weighted by molar-refractivity contribution is 8.06. The highest BCUT2D eigenvalue weighted by Gasteiger charge is 2.58. The second kappa shape index (κ2) is 18.7. The Labute approximate surface area is 305 Å². The zero-order valence-electron chi connectivity index (χ0n) is 27.4. The number of hydrogen-bond acceptors (Lipinski definition) is 12. The number of rotatable bonds is 18. The minimum atomic E-state index is -4.83. The molecule has 52 heavy (non-hydrogen) atoms. The van der Waals surface area contributed by atoms with Crippen LogP contribution in [0.15, 0.2) is 121 Å². The first kappa shape index (κ1) is 40.7. The molecule has 0 bridgehead atoms. The topological polar surface area (TPSA) is 180 Å². The second-order valence-electron chi connectivity index (χ2n) is 11.6. The summed E-state index contributed by atoms with van der Waals surface area (Å²) < 4.78 is 83.1. The van der Waals surface area contributed by atoms with Gasteiger partial charge in [0, 0.05) is 0 Å². The minimum Gasteiger partial charge on any atom is -0.387 e. The Hall–Kier alpha value is -2.52. The van der Waals surface area contributed by atoms with Gasteiger partial charge in [-0.3, -0.25) is 31.7 Å². The number of aliphatic hydroxyl groups excluding tert-OH is 2. The Morgan fingerprint density at radius 1 is 0.500 bits per heavy atom. The first-order valence-electron chi connectivity index (χ1n) is 15.9. The molecular formula is C34H38FO13P3S. The Kier molecular flexibility index (Phi) is 14.6. The normalized spacial score (nSPS) is 22.6. The summed E-state index contributed by atoms with van der Waals surface area (Å²) in [5, 5.41) is 22.7. The van der Waals surface area contributed by atoms with Crippen molar-refractivity contribution in [1.82, 2.24) is 0 Å². The van der Waals surface area contributed by atoms with E-state index < -0.39 is 59.1 Å². The Morgan fingerprint density at radius 2 is 0.808 bits per heavy atom. The maximum atomic E-state index is 16.4. The molecule has 1 fully saturated rings. The predicted octanol–water partition coefficient (Wildman–Crippen LogP) is 6.51. The molecule has 0 saturated heterocycles. The van der Waals surface area contributed by atoms with Crippen LogP contribution < -0.4 is 0 Å². The summed E-state index contributed by atoms with van der Waals surface area (Å²) in [5.41, 5.74) is 2.19. The van der Waals surface area contributed by atoms with Gasteiger partial charge in [-0.15, -0.1) is 0 Å². The highest BCUT2D eigenvalue weighted by atomic mass is 32.5. The third kappa shape index (κ3) is 12.0. The first-order valence-corrected chi connectivity index (χ1v) is 21.4. The van der Waals surface area contributed by atoms with Gasteiger partial charge in [-0.2, -0.15) is 0 Å². The third-order valence-corrected chi connectivity index (χ3v) is 11.2. The van der Waals surface area contributed by atoms with Crippen molar-refractivity contribution in [3.63, 3.8) is 0 Å². The van der Waals surface area contributed by atoms with E-state index in [1.54, 1.807) is 121 Å². The highest BCUT2D eigenvalue weighted by Crippen LogP contribution is 2.58. The largest absolute Gasteiger partial charge is 0.475 e. The van der Waals surface area contributed by atoms with Gasteiger partial charge in [0.15, 0.2) is 6.17 Å². The van der Waals surface area contributed by atoms with Crippen LogP contribution in [-0.4, -0.2) is 56.7 Å². The fraction of sp³-hybridized carbons (Fsp3) is 0.294. The monoisotopic (exact) mass is 798 g/mol. The van der Waals surface area contributed by atoms with E-state index in [0.29, 0.717) is 22.3 Å². The fourth-order valence-corrected chi connectivity index (χ4v) is 8.63. The van der Waals surface area contributed by atoms with Crippen LogP contribution in [0.25, 0.3) is 0 Å². The van der Waals surface area contributed by atoms with E-state index in [2.05, 4.69) is 11.8 Å². The van der Waals surface area contributed by atoms with Crippen molar-refractivity contribution in [2.24, 2.45) is 0 Å². The lowest BCUT2D eigenvalue weighted by Crippen LogP contribution is -2.63. The van der Waals surface area contributed by atoms with Crippen LogP contribution in [0.5, 0.6) is 0 Å². The van der Waals surface area contributed by atoms with Gasteiger partial charge in [-0.05, 0) is 34.1 Å². The zero-order chi connectivity index (χ0) is 37.2. The second-order valence-corrected chi connectivity index (χ2v) is 17.4. The van der Waals surface area contributed by atoms with Crippen molar-refractivity contribution in [2.45, 2.75) is 63.1 Å². The number of halogens is 1. The molecule has 5 rings (SSSR count). The molecule has 0 aromatic heterocycles. The van der Waals surface area contributed by atoms with E-state index in [0.717, 1.165) is 0 Å². The van der Waals surface area contributed by atoms with Gasteiger partial charge in [0.25, 0.3) is 0 Å². The molecule has 1 aliphatic carbocycles. The molecule has 6 atom stereocenters. The van der Waals surface area contributed by atoms with Gasteiger partial charge in [-0.1, -0.05) is 121 Å². The van der Waals surface area contributed by atoms with Gasteiger partial charge in [0.05, 0.1) is 26.4 Å². The average Bonchev–Trinajstić information content (AvgIpc) is 3.15. The summed E-state index contributed by atoms with van der Waals surface area (Å²) in [5.74, 6) is 0.